The maximum Gasteiger partial charge on any atom is 0.257 e. The van der Waals surface area contributed by atoms with Gasteiger partial charge in [0.15, 0.2) is 0 Å². The summed E-state index contributed by atoms with van der Waals surface area (Å²) >= 11 is 3.98. The van der Waals surface area contributed by atoms with Gasteiger partial charge in [-0.3, -0.25) is 4.79 Å². The van der Waals surface area contributed by atoms with E-state index in [0.717, 1.165) is 22.8 Å². The zero-order chi connectivity index (χ0) is 19.5. The number of rotatable bonds is 5. The molecule has 1 aromatic carbocycles. The van der Waals surface area contributed by atoms with Gasteiger partial charge in [0.05, 0.1) is 23.0 Å². The Bertz CT molecular complexity index is 957. The molecule has 0 aliphatic carbocycles. The van der Waals surface area contributed by atoms with Crippen molar-refractivity contribution in [3.8, 4) is 0 Å². The van der Waals surface area contributed by atoms with Crippen LogP contribution in [0.2, 0.25) is 0 Å². The molecule has 3 aromatic rings. The Kier molecular flexibility index (Phi) is 5.87. The Morgan fingerprint density at radius 1 is 1.18 bits per heavy atom. The number of carbonyl (C=O) groups is 1. The Labute approximate surface area is 174 Å². The predicted octanol–water partition coefficient (Wildman–Crippen LogP) is 5.87. The lowest BCUT2D eigenvalue weighted by Gasteiger charge is -2.21. The first-order chi connectivity index (χ1) is 13.6. The van der Waals surface area contributed by atoms with Gasteiger partial charge < -0.3 is 14.3 Å². The standard InChI is InChI=1S/C22H24N2O2S2/c1-15-12-20(16(2)24(15)14-19-8-4-9-26-19)21(25)23-18-7-3-6-17(13-18)22-27-10-5-11-28-22/h3-4,6-9,12-13,22H,5,10-11,14H2,1-2H3,(H,23,25). The van der Waals surface area contributed by atoms with E-state index in [1.54, 1.807) is 6.26 Å². The van der Waals surface area contributed by atoms with Crippen LogP contribution in [0.25, 0.3) is 0 Å². The highest BCUT2D eigenvalue weighted by Crippen LogP contribution is 2.44. The third kappa shape index (κ3) is 4.18. The highest BCUT2D eigenvalue weighted by molar-refractivity contribution is 8.16. The number of thioether (sulfide) groups is 2. The zero-order valence-electron chi connectivity index (χ0n) is 16.1. The lowest BCUT2D eigenvalue weighted by Crippen LogP contribution is -2.14. The largest absolute Gasteiger partial charge is 0.467 e. The molecule has 0 radical (unpaired) electrons. The van der Waals surface area contributed by atoms with Gasteiger partial charge in [-0.15, -0.1) is 23.5 Å². The summed E-state index contributed by atoms with van der Waals surface area (Å²) in [4.78, 5) is 12.9. The molecule has 1 N–H and O–H groups in total. The van der Waals surface area contributed by atoms with Gasteiger partial charge in [0, 0.05) is 17.1 Å². The van der Waals surface area contributed by atoms with Gasteiger partial charge in [0.2, 0.25) is 0 Å². The summed E-state index contributed by atoms with van der Waals surface area (Å²) in [5.74, 6) is 3.22. The van der Waals surface area contributed by atoms with Crippen molar-refractivity contribution in [2.75, 3.05) is 16.8 Å². The minimum absolute atomic E-state index is 0.0695. The van der Waals surface area contributed by atoms with Gasteiger partial charge in [0.1, 0.15) is 5.76 Å². The van der Waals surface area contributed by atoms with Crippen LogP contribution < -0.4 is 5.32 Å². The van der Waals surface area contributed by atoms with Gasteiger partial charge in [-0.1, -0.05) is 12.1 Å². The number of benzene rings is 1. The monoisotopic (exact) mass is 412 g/mol. The van der Waals surface area contributed by atoms with E-state index in [1.165, 1.54) is 23.5 Å². The van der Waals surface area contributed by atoms with E-state index in [4.69, 9.17) is 4.42 Å². The normalized spacial score (nSPS) is 14.9. The van der Waals surface area contributed by atoms with Gasteiger partial charge in [-0.05, 0) is 67.7 Å². The number of aryl methyl sites for hydroxylation is 1. The molecule has 4 nitrogen and oxygen atoms in total. The third-order valence-corrected chi connectivity index (χ3v) is 7.97. The van der Waals surface area contributed by atoms with Crippen LogP contribution >= 0.6 is 23.5 Å². The van der Waals surface area contributed by atoms with Crippen LogP contribution in [0.15, 0.2) is 53.1 Å². The fraction of sp³-hybridized carbons (Fsp3) is 0.318. The number of anilines is 1. The lowest BCUT2D eigenvalue weighted by molar-refractivity contribution is 0.102. The second kappa shape index (κ2) is 8.53. The van der Waals surface area contributed by atoms with Crippen molar-refractivity contribution in [1.82, 2.24) is 4.57 Å². The molecule has 1 aliphatic rings. The van der Waals surface area contributed by atoms with E-state index in [2.05, 4.69) is 22.0 Å². The average Bonchev–Trinajstić information content (AvgIpc) is 3.33. The van der Waals surface area contributed by atoms with Crippen molar-refractivity contribution in [3.05, 3.63) is 77.0 Å². The quantitative estimate of drug-likeness (QED) is 0.569. The van der Waals surface area contributed by atoms with Gasteiger partial charge in [-0.25, -0.2) is 0 Å². The van der Waals surface area contributed by atoms with Crippen LogP contribution in [0.4, 0.5) is 5.69 Å². The van der Waals surface area contributed by atoms with Crippen molar-refractivity contribution in [2.24, 2.45) is 0 Å². The summed E-state index contributed by atoms with van der Waals surface area (Å²) < 4.78 is 8.03. The fourth-order valence-corrected chi connectivity index (χ4v) is 6.35. The molecule has 1 fully saturated rings. The van der Waals surface area contributed by atoms with Crippen molar-refractivity contribution in [3.63, 3.8) is 0 Å². The van der Waals surface area contributed by atoms with E-state index < -0.39 is 0 Å². The molecule has 2 aromatic heterocycles. The van der Waals surface area contributed by atoms with Gasteiger partial charge in [0.25, 0.3) is 5.91 Å². The van der Waals surface area contributed by atoms with Crippen LogP contribution in [0.3, 0.4) is 0 Å². The van der Waals surface area contributed by atoms with Gasteiger partial charge in [-0.2, -0.15) is 0 Å². The molecule has 0 saturated carbocycles. The van der Waals surface area contributed by atoms with Crippen LogP contribution in [-0.2, 0) is 6.54 Å². The maximum atomic E-state index is 12.9. The molecule has 1 saturated heterocycles. The highest BCUT2D eigenvalue weighted by atomic mass is 32.2. The number of hydrogen-bond acceptors (Lipinski definition) is 4. The minimum atomic E-state index is -0.0695. The second-order valence-corrected chi connectivity index (χ2v) is 9.68. The zero-order valence-corrected chi connectivity index (χ0v) is 17.7. The van der Waals surface area contributed by atoms with E-state index in [-0.39, 0.29) is 5.91 Å². The number of nitrogens with one attached hydrogen (secondary N) is 1. The number of hydrogen-bond donors (Lipinski definition) is 1. The fourth-order valence-electron chi connectivity index (χ4n) is 3.47. The molecule has 0 bridgehead atoms. The number of amides is 1. The maximum absolute atomic E-state index is 12.9. The predicted molar refractivity (Wildman–Crippen MR) is 118 cm³/mol. The molecule has 6 heteroatoms. The first kappa shape index (κ1) is 19.3. The molecular weight excluding hydrogens is 388 g/mol. The molecule has 1 aliphatic heterocycles. The molecule has 28 heavy (non-hydrogen) atoms. The van der Waals surface area contributed by atoms with Crippen molar-refractivity contribution in [1.29, 1.82) is 0 Å². The molecule has 4 rings (SSSR count). The van der Waals surface area contributed by atoms with Crippen LogP contribution in [0.1, 0.15) is 44.1 Å². The third-order valence-electron chi connectivity index (χ3n) is 4.96. The van der Waals surface area contributed by atoms with E-state index in [1.807, 2.05) is 67.7 Å². The van der Waals surface area contributed by atoms with E-state index in [9.17, 15) is 4.79 Å². The summed E-state index contributed by atoms with van der Waals surface area (Å²) in [6.45, 7) is 4.63. The van der Waals surface area contributed by atoms with Crippen LogP contribution in [-0.4, -0.2) is 22.0 Å². The molecule has 0 unspecified atom stereocenters. The summed E-state index contributed by atoms with van der Waals surface area (Å²) in [7, 11) is 0. The molecule has 1 amide bonds. The first-order valence-corrected chi connectivity index (χ1v) is 11.5. The Morgan fingerprint density at radius 2 is 2.00 bits per heavy atom. The van der Waals surface area contributed by atoms with Crippen LogP contribution in [0, 0.1) is 13.8 Å². The van der Waals surface area contributed by atoms with Crippen molar-refractivity contribution < 1.29 is 9.21 Å². The smallest absolute Gasteiger partial charge is 0.257 e. The Morgan fingerprint density at radius 3 is 2.75 bits per heavy atom. The highest BCUT2D eigenvalue weighted by Gasteiger charge is 2.19. The number of nitrogens with zero attached hydrogens (tertiary/aromatic N) is 1. The number of carbonyl (C=O) groups excluding carboxylic acids is 1. The summed E-state index contributed by atoms with van der Waals surface area (Å²) in [6, 6.07) is 14.0. The molecule has 3 heterocycles. The molecule has 0 spiro atoms. The second-order valence-electron chi connectivity index (χ2n) is 6.96. The summed E-state index contributed by atoms with van der Waals surface area (Å²) in [5, 5.41) is 3.08. The topological polar surface area (TPSA) is 47.2 Å². The molecule has 146 valence electrons. The van der Waals surface area contributed by atoms with E-state index in [0.29, 0.717) is 16.7 Å². The van der Waals surface area contributed by atoms with Gasteiger partial charge >= 0.3 is 0 Å². The van der Waals surface area contributed by atoms with Crippen molar-refractivity contribution >= 4 is 35.1 Å². The number of aromatic nitrogens is 1. The van der Waals surface area contributed by atoms with Crippen LogP contribution in [0.5, 0.6) is 0 Å². The van der Waals surface area contributed by atoms with Crippen molar-refractivity contribution in [2.45, 2.75) is 31.4 Å². The first-order valence-electron chi connectivity index (χ1n) is 9.45. The SMILES string of the molecule is Cc1cc(C(=O)Nc2cccc(C3SCCCS3)c2)c(C)n1Cc1ccco1. The van der Waals surface area contributed by atoms with E-state index >= 15 is 0 Å². The molecule has 0 atom stereocenters. The lowest BCUT2D eigenvalue weighted by atomic mass is 10.2. The number of furan rings is 1. The Hall–Kier alpha value is -2.05. The molecular formula is C22H24N2O2S2. The Balaban J connectivity index is 1.51. The average molecular weight is 413 g/mol. The minimum Gasteiger partial charge on any atom is -0.467 e. The summed E-state index contributed by atoms with van der Waals surface area (Å²) in [6.07, 6.45) is 2.95. The summed E-state index contributed by atoms with van der Waals surface area (Å²) in [5.41, 5.74) is 4.82.